The van der Waals surface area contributed by atoms with Crippen LogP contribution in [0.5, 0.6) is 0 Å². The first kappa shape index (κ1) is 33.2. The minimum absolute atomic E-state index is 0. The van der Waals surface area contributed by atoms with Gasteiger partial charge in [0.15, 0.2) is 0 Å². The topological polar surface area (TPSA) is 48.6 Å². The summed E-state index contributed by atoms with van der Waals surface area (Å²) >= 11 is 0. The fourth-order valence-corrected chi connectivity index (χ4v) is 4.39. The Morgan fingerprint density at radius 2 is 1.80 bits per heavy atom. The van der Waals surface area contributed by atoms with E-state index in [1.807, 2.05) is 33.8 Å². The van der Waals surface area contributed by atoms with Crippen LogP contribution < -0.4 is 0 Å². The van der Waals surface area contributed by atoms with Crippen molar-refractivity contribution in [2.45, 2.75) is 106 Å². The van der Waals surface area contributed by atoms with E-state index in [0.29, 0.717) is 11.7 Å². The van der Waals surface area contributed by atoms with Crippen LogP contribution in [0.25, 0.3) is 0 Å². The van der Waals surface area contributed by atoms with Crippen LogP contribution in [-0.2, 0) is 11.2 Å². The zero-order chi connectivity index (χ0) is 21.2. The number of rotatable bonds is 10. The number of hydrogen-bond acceptors (Lipinski definition) is 1. The van der Waals surface area contributed by atoms with E-state index in [0.717, 1.165) is 50.4 Å². The highest BCUT2D eigenvalue weighted by molar-refractivity contribution is 5.81. The maximum Gasteiger partial charge on any atom is 0.135 e. The summed E-state index contributed by atoms with van der Waals surface area (Å²) in [5, 5.41) is 0. The molecule has 1 fully saturated rings. The van der Waals surface area contributed by atoms with Gasteiger partial charge in [-0.15, -0.1) is 6.58 Å². The monoisotopic (exact) mass is 422 g/mol. The van der Waals surface area contributed by atoms with Crippen LogP contribution in [0.3, 0.4) is 0 Å². The number of Topliss-reactive ketones (excluding diaryl/α,β-unsaturated/α-hetero) is 1. The molecule has 1 aliphatic carbocycles. The summed E-state index contributed by atoms with van der Waals surface area (Å²) in [5.74, 6) is 2.32. The number of carbonyl (C=O) groups excluding carboxylic acids is 1. The third-order valence-electron chi connectivity index (χ3n) is 5.70. The lowest BCUT2D eigenvalue weighted by Crippen LogP contribution is -2.27. The van der Waals surface area contributed by atoms with Crippen molar-refractivity contribution >= 4 is 5.78 Å². The number of benzene rings is 1. The van der Waals surface area contributed by atoms with Crippen molar-refractivity contribution < 1.29 is 11.7 Å². The highest BCUT2D eigenvalue weighted by Crippen LogP contribution is 2.38. The van der Waals surface area contributed by atoms with Gasteiger partial charge in [-0.05, 0) is 49.5 Å². The van der Waals surface area contributed by atoms with Gasteiger partial charge in [-0.3, -0.25) is 4.79 Å². The Morgan fingerprint density at radius 1 is 1.17 bits per heavy atom. The summed E-state index contributed by atoms with van der Waals surface area (Å²) in [5.41, 5.74) is 1.35. The van der Waals surface area contributed by atoms with Crippen molar-refractivity contribution in [3.63, 3.8) is 0 Å². The summed E-state index contributed by atoms with van der Waals surface area (Å²) in [6.45, 7) is 14.2. The van der Waals surface area contributed by atoms with Crippen molar-refractivity contribution in [2.24, 2.45) is 17.8 Å². The summed E-state index contributed by atoms with van der Waals surface area (Å²) in [6, 6.07) is 10.5. The lowest BCUT2D eigenvalue weighted by molar-refractivity contribution is -0.124. The summed E-state index contributed by atoms with van der Waals surface area (Å²) in [4.78, 5) is 12.7. The molecule has 2 N–H and O–H groups in total. The van der Waals surface area contributed by atoms with Gasteiger partial charge in [0.2, 0.25) is 0 Å². The second-order valence-electron chi connectivity index (χ2n) is 7.50. The third kappa shape index (κ3) is 13.0. The number of aryl methyl sites for hydroxylation is 1. The average Bonchev–Trinajstić information content (AvgIpc) is 2.77. The van der Waals surface area contributed by atoms with Crippen molar-refractivity contribution in [1.29, 1.82) is 0 Å². The lowest BCUT2D eigenvalue weighted by Gasteiger charge is -2.33. The second kappa shape index (κ2) is 22.3. The number of ketones is 1. The molecule has 1 saturated carbocycles. The van der Waals surface area contributed by atoms with E-state index in [1.165, 1.54) is 31.2 Å². The van der Waals surface area contributed by atoms with Gasteiger partial charge in [0.25, 0.3) is 0 Å². The minimum atomic E-state index is 0. The van der Waals surface area contributed by atoms with E-state index in [1.54, 1.807) is 0 Å². The molecule has 0 aromatic heterocycles. The van der Waals surface area contributed by atoms with Gasteiger partial charge in [-0.1, -0.05) is 104 Å². The van der Waals surface area contributed by atoms with Crippen LogP contribution in [0, 0.1) is 17.8 Å². The Kier molecular flexibility index (Phi) is 24.7. The SMILES string of the molecule is C.C=CCC(CCC)C1CCCC(C(=O)CCCc2ccccc2)C1.CC.CC.O.[HH]. The normalized spacial score (nSPS) is 18.0. The van der Waals surface area contributed by atoms with Gasteiger partial charge in [0, 0.05) is 13.8 Å². The van der Waals surface area contributed by atoms with Crippen LogP contribution >= 0.6 is 0 Å². The van der Waals surface area contributed by atoms with Crippen molar-refractivity contribution in [2.75, 3.05) is 0 Å². The third-order valence-corrected chi connectivity index (χ3v) is 5.70. The summed E-state index contributed by atoms with van der Waals surface area (Å²) < 4.78 is 0. The van der Waals surface area contributed by atoms with Gasteiger partial charge >= 0.3 is 0 Å². The molecule has 1 aliphatic rings. The van der Waals surface area contributed by atoms with E-state index in [2.05, 4.69) is 43.8 Å². The van der Waals surface area contributed by atoms with E-state index in [-0.39, 0.29) is 14.3 Å². The molecule has 30 heavy (non-hydrogen) atoms. The molecular weight excluding hydrogens is 368 g/mol. The summed E-state index contributed by atoms with van der Waals surface area (Å²) in [6.07, 6.45) is 13.3. The lowest BCUT2D eigenvalue weighted by atomic mass is 9.71. The molecule has 178 valence electrons. The second-order valence-corrected chi connectivity index (χ2v) is 7.50. The minimum Gasteiger partial charge on any atom is -0.412 e. The van der Waals surface area contributed by atoms with Crippen molar-refractivity contribution in [1.82, 2.24) is 0 Å². The predicted octanol–water partition coefficient (Wildman–Crippen LogP) is 8.49. The number of carbonyl (C=O) groups is 1. The van der Waals surface area contributed by atoms with Gasteiger partial charge in [0.1, 0.15) is 5.78 Å². The Labute approximate surface area is 190 Å². The Bertz CT molecular complexity index is 501. The van der Waals surface area contributed by atoms with Gasteiger partial charge in [-0.2, -0.15) is 0 Å². The van der Waals surface area contributed by atoms with Crippen LogP contribution in [0.15, 0.2) is 43.0 Å². The Morgan fingerprint density at radius 3 is 2.37 bits per heavy atom. The molecule has 0 heterocycles. The molecule has 0 radical (unpaired) electrons. The molecule has 0 spiro atoms. The molecule has 0 amide bonds. The van der Waals surface area contributed by atoms with Crippen molar-refractivity contribution in [3.8, 4) is 0 Å². The van der Waals surface area contributed by atoms with Gasteiger partial charge in [0.05, 0.1) is 0 Å². The largest absolute Gasteiger partial charge is 0.412 e. The molecule has 1 aromatic carbocycles. The highest BCUT2D eigenvalue weighted by atomic mass is 16.1. The van der Waals surface area contributed by atoms with Crippen LogP contribution in [0.2, 0.25) is 0 Å². The first-order valence-electron chi connectivity index (χ1n) is 11.9. The fraction of sp³-hybridized carbons (Fsp3) is 0.679. The molecule has 0 saturated heterocycles. The smallest absolute Gasteiger partial charge is 0.135 e. The van der Waals surface area contributed by atoms with Crippen LogP contribution in [0.4, 0.5) is 0 Å². The van der Waals surface area contributed by atoms with Crippen LogP contribution in [0.1, 0.15) is 107 Å². The average molecular weight is 423 g/mol. The van der Waals surface area contributed by atoms with Gasteiger partial charge < -0.3 is 5.48 Å². The first-order valence-corrected chi connectivity index (χ1v) is 11.9. The number of allylic oxidation sites excluding steroid dienone is 1. The zero-order valence-electron chi connectivity index (χ0n) is 19.9. The van der Waals surface area contributed by atoms with E-state index < -0.39 is 0 Å². The molecule has 2 nitrogen and oxygen atoms in total. The molecule has 2 heteroatoms. The zero-order valence-corrected chi connectivity index (χ0v) is 19.9. The fourth-order valence-electron chi connectivity index (χ4n) is 4.39. The standard InChI is InChI=1S/C23H34O.2C2H6.CH4.H2O.H2/c1-3-10-20(11-4-2)21-15-9-16-22(18-21)23(24)17-8-14-19-12-6-5-7-13-19;2*1-2;;;/h3,5-7,12-13,20-22H,1,4,8-11,14-18H2,2H3;2*1-2H3;1H4;1H2;1H. The predicted molar refractivity (Wildman–Crippen MR) is 138 cm³/mol. The Hall–Kier alpha value is -1.41. The van der Waals surface area contributed by atoms with E-state index in [4.69, 9.17) is 0 Å². The molecule has 0 bridgehead atoms. The van der Waals surface area contributed by atoms with Crippen LogP contribution in [-0.4, -0.2) is 11.3 Å². The molecular formula is C28H54O2. The highest BCUT2D eigenvalue weighted by Gasteiger charge is 2.30. The maximum absolute atomic E-state index is 12.7. The summed E-state index contributed by atoms with van der Waals surface area (Å²) in [7, 11) is 0. The molecule has 0 aliphatic heterocycles. The van der Waals surface area contributed by atoms with Crippen molar-refractivity contribution in [3.05, 3.63) is 48.6 Å². The maximum atomic E-state index is 12.7. The number of hydrogen-bond donors (Lipinski definition) is 0. The molecule has 3 unspecified atom stereocenters. The molecule has 3 atom stereocenters. The molecule has 2 rings (SSSR count). The van der Waals surface area contributed by atoms with E-state index >= 15 is 0 Å². The van der Waals surface area contributed by atoms with Gasteiger partial charge in [-0.25, -0.2) is 0 Å². The quantitative estimate of drug-likeness (QED) is 0.349. The molecule has 1 aromatic rings. The Balaban J connectivity index is -0.000000491. The van der Waals surface area contributed by atoms with E-state index in [9.17, 15) is 4.79 Å². The first-order chi connectivity index (χ1) is 13.7.